The number of hydrogen-bond donors (Lipinski definition) is 3. The number of nitrogens with zero attached hydrogens (tertiary/aromatic N) is 5. The second-order valence-corrected chi connectivity index (χ2v) is 8.61. The Morgan fingerprint density at radius 1 is 1.15 bits per heavy atom. The van der Waals surface area contributed by atoms with Crippen LogP contribution >= 0.6 is 0 Å². The Morgan fingerprint density at radius 3 is 2.62 bits per heavy atom. The van der Waals surface area contributed by atoms with E-state index in [0.717, 1.165) is 42.4 Å². The van der Waals surface area contributed by atoms with E-state index in [1.807, 2.05) is 43.1 Å². The Labute approximate surface area is 199 Å². The van der Waals surface area contributed by atoms with Crippen LogP contribution in [0, 0.1) is 6.92 Å². The highest BCUT2D eigenvalue weighted by Gasteiger charge is 2.26. The Kier molecular flexibility index (Phi) is 6.97. The summed E-state index contributed by atoms with van der Waals surface area (Å²) in [5.41, 5.74) is 10.4. The van der Waals surface area contributed by atoms with Crippen LogP contribution < -0.4 is 21.3 Å². The van der Waals surface area contributed by atoms with Gasteiger partial charge in [-0.2, -0.15) is 0 Å². The van der Waals surface area contributed by atoms with Crippen LogP contribution in [0.1, 0.15) is 31.0 Å². The molecule has 2 amide bonds. The summed E-state index contributed by atoms with van der Waals surface area (Å²) in [5.74, 6) is 0.611. The number of carbonyl (C=O) groups is 2. The van der Waals surface area contributed by atoms with Gasteiger partial charge in [0.05, 0.1) is 22.8 Å². The van der Waals surface area contributed by atoms with Crippen molar-refractivity contribution in [1.29, 1.82) is 0 Å². The molecule has 0 spiro atoms. The number of amides is 2. The SMILES string of the molecule is CCN1/C(=C(\N)c2nc(NC(=O)CCC(=O)N3CCN(C)CC3)ncc2C)Nc2ccccc21. The minimum absolute atomic E-state index is 0.00530. The number of piperazine rings is 1. The molecule has 10 nitrogen and oxygen atoms in total. The Hall–Kier alpha value is -3.66. The van der Waals surface area contributed by atoms with Gasteiger partial charge in [-0.05, 0) is 38.6 Å². The van der Waals surface area contributed by atoms with Crippen LogP contribution in [0.5, 0.6) is 0 Å². The van der Waals surface area contributed by atoms with Gasteiger partial charge in [-0.3, -0.25) is 14.9 Å². The smallest absolute Gasteiger partial charge is 0.230 e. The molecule has 0 unspecified atom stereocenters. The van der Waals surface area contributed by atoms with Gasteiger partial charge in [0.25, 0.3) is 0 Å². The fraction of sp³-hybridized carbons (Fsp3) is 0.417. The highest BCUT2D eigenvalue weighted by Crippen LogP contribution is 2.37. The van der Waals surface area contributed by atoms with Crippen molar-refractivity contribution in [1.82, 2.24) is 19.8 Å². The number of fused-ring (bicyclic) bond motifs is 1. The molecule has 0 saturated carbocycles. The zero-order valence-electron chi connectivity index (χ0n) is 20.0. The van der Waals surface area contributed by atoms with Crippen molar-refractivity contribution in [3.63, 3.8) is 0 Å². The van der Waals surface area contributed by atoms with Crippen molar-refractivity contribution >= 4 is 34.8 Å². The minimum atomic E-state index is -0.301. The van der Waals surface area contributed by atoms with E-state index in [1.165, 1.54) is 0 Å². The van der Waals surface area contributed by atoms with Gasteiger partial charge in [-0.25, -0.2) is 9.97 Å². The molecule has 4 N–H and O–H groups in total. The van der Waals surface area contributed by atoms with E-state index in [9.17, 15) is 9.59 Å². The van der Waals surface area contributed by atoms with Gasteiger partial charge in [-0.1, -0.05) is 12.1 Å². The molecule has 0 atom stereocenters. The molecule has 10 heteroatoms. The molecular weight excluding hydrogens is 432 g/mol. The lowest BCUT2D eigenvalue weighted by Crippen LogP contribution is -2.47. The van der Waals surface area contributed by atoms with Crippen molar-refractivity contribution in [3.05, 3.63) is 47.5 Å². The molecule has 1 fully saturated rings. The lowest BCUT2D eigenvalue weighted by molar-refractivity contribution is -0.134. The maximum atomic E-state index is 12.5. The molecule has 180 valence electrons. The lowest BCUT2D eigenvalue weighted by Gasteiger charge is -2.32. The van der Waals surface area contributed by atoms with Crippen LogP contribution in [0.2, 0.25) is 0 Å². The second kappa shape index (κ2) is 10.1. The predicted molar refractivity (Wildman–Crippen MR) is 133 cm³/mol. The number of nitrogens with one attached hydrogen (secondary N) is 2. The molecule has 1 saturated heterocycles. The van der Waals surface area contributed by atoms with Crippen molar-refractivity contribution in [2.24, 2.45) is 5.73 Å². The maximum absolute atomic E-state index is 12.5. The minimum Gasteiger partial charge on any atom is -0.394 e. The Balaban J connectivity index is 1.43. The number of anilines is 3. The first-order valence-corrected chi connectivity index (χ1v) is 11.6. The molecule has 1 aromatic heterocycles. The molecule has 0 bridgehead atoms. The first-order chi connectivity index (χ1) is 16.4. The standard InChI is InChI=1S/C24H32N8O2/c1-4-32-18-8-6-5-7-17(18)27-23(32)21(25)22-16(2)15-26-24(29-22)28-19(33)9-10-20(34)31-13-11-30(3)12-14-31/h5-8,15,27H,4,9-14,25H2,1-3H3,(H,26,28,29,33)/b23-21-. The third-order valence-corrected chi connectivity index (χ3v) is 6.19. The summed E-state index contributed by atoms with van der Waals surface area (Å²) in [7, 11) is 2.04. The third-order valence-electron chi connectivity index (χ3n) is 6.19. The Bertz CT molecular complexity index is 1110. The summed E-state index contributed by atoms with van der Waals surface area (Å²) < 4.78 is 0. The fourth-order valence-electron chi connectivity index (χ4n) is 4.18. The highest BCUT2D eigenvalue weighted by atomic mass is 16.2. The van der Waals surface area contributed by atoms with E-state index in [1.54, 1.807) is 6.20 Å². The van der Waals surface area contributed by atoms with E-state index in [-0.39, 0.29) is 30.6 Å². The van der Waals surface area contributed by atoms with E-state index < -0.39 is 0 Å². The van der Waals surface area contributed by atoms with Crippen molar-refractivity contribution in [3.8, 4) is 0 Å². The maximum Gasteiger partial charge on any atom is 0.230 e. The molecule has 0 radical (unpaired) electrons. The number of nitrogens with two attached hydrogens (primary N) is 1. The molecule has 3 heterocycles. The molecule has 1 aromatic carbocycles. The van der Waals surface area contributed by atoms with Gasteiger partial charge in [0.15, 0.2) is 0 Å². The van der Waals surface area contributed by atoms with Crippen molar-refractivity contribution in [2.75, 3.05) is 55.3 Å². The number of rotatable bonds is 6. The van der Waals surface area contributed by atoms with Crippen LogP contribution in [0.3, 0.4) is 0 Å². The third kappa shape index (κ3) is 4.96. The normalized spacial score (nSPS) is 17.3. The number of para-hydroxylation sites is 2. The number of benzene rings is 1. The van der Waals surface area contributed by atoms with Crippen LogP contribution in [0.4, 0.5) is 17.3 Å². The monoisotopic (exact) mass is 464 g/mol. The quantitative estimate of drug-likeness (QED) is 0.592. The number of hydrogen-bond acceptors (Lipinski definition) is 8. The van der Waals surface area contributed by atoms with Gasteiger partial charge < -0.3 is 25.8 Å². The highest BCUT2D eigenvalue weighted by molar-refractivity contribution is 5.92. The fourth-order valence-corrected chi connectivity index (χ4v) is 4.18. The van der Waals surface area contributed by atoms with Crippen LogP contribution in [-0.2, 0) is 9.59 Å². The zero-order chi connectivity index (χ0) is 24.2. The summed E-state index contributed by atoms with van der Waals surface area (Å²) in [6, 6.07) is 7.99. The number of likely N-dealkylation sites (N-methyl/N-ethyl adjacent to an activating group) is 1. The lowest BCUT2D eigenvalue weighted by atomic mass is 10.2. The van der Waals surface area contributed by atoms with E-state index in [4.69, 9.17) is 5.73 Å². The van der Waals surface area contributed by atoms with E-state index >= 15 is 0 Å². The van der Waals surface area contributed by atoms with Gasteiger partial charge in [0, 0.05) is 51.8 Å². The average molecular weight is 465 g/mol. The summed E-state index contributed by atoms with van der Waals surface area (Å²) in [4.78, 5) is 39.7. The molecule has 2 aliphatic heterocycles. The van der Waals surface area contributed by atoms with Crippen molar-refractivity contribution in [2.45, 2.75) is 26.7 Å². The predicted octanol–water partition coefficient (Wildman–Crippen LogP) is 1.81. The molecule has 34 heavy (non-hydrogen) atoms. The first-order valence-electron chi connectivity index (χ1n) is 11.6. The summed E-state index contributed by atoms with van der Waals surface area (Å²) in [6.07, 6.45) is 1.88. The Morgan fingerprint density at radius 2 is 1.88 bits per heavy atom. The topological polar surface area (TPSA) is 120 Å². The average Bonchev–Trinajstić information content (AvgIpc) is 3.22. The molecule has 2 aromatic rings. The second-order valence-electron chi connectivity index (χ2n) is 8.61. The molecule has 2 aliphatic rings. The van der Waals surface area contributed by atoms with Crippen LogP contribution in [-0.4, -0.2) is 71.4 Å². The summed E-state index contributed by atoms with van der Waals surface area (Å²) in [6.45, 7) is 7.76. The van der Waals surface area contributed by atoms with Gasteiger partial charge in [-0.15, -0.1) is 0 Å². The van der Waals surface area contributed by atoms with E-state index in [2.05, 4.69) is 37.3 Å². The van der Waals surface area contributed by atoms with Gasteiger partial charge >= 0.3 is 0 Å². The van der Waals surface area contributed by atoms with E-state index in [0.29, 0.717) is 24.5 Å². The van der Waals surface area contributed by atoms with Crippen molar-refractivity contribution < 1.29 is 9.59 Å². The zero-order valence-corrected chi connectivity index (χ0v) is 20.0. The number of carbonyl (C=O) groups excluding carboxylic acids is 2. The first kappa shape index (κ1) is 23.5. The summed E-state index contributed by atoms with van der Waals surface area (Å²) >= 11 is 0. The largest absolute Gasteiger partial charge is 0.394 e. The van der Waals surface area contributed by atoms with Crippen LogP contribution in [0.15, 0.2) is 36.3 Å². The summed E-state index contributed by atoms with van der Waals surface area (Å²) in [5, 5.41) is 6.09. The number of aromatic nitrogens is 2. The molecular formula is C24H32N8O2. The number of aryl methyl sites for hydroxylation is 1. The molecule has 0 aliphatic carbocycles. The van der Waals surface area contributed by atoms with Gasteiger partial charge in [0.1, 0.15) is 5.82 Å². The molecule has 4 rings (SSSR count). The van der Waals surface area contributed by atoms with Gasteiger partial charge in [0.2, 0.25) is 17.8 Å². The van der Waals surface area contributed by atoms with Crippen LogP contribution in [0.25, 0.3) is 5.70 Å².